The van der Waals surface area contributed by atoms with Gasteiger partial charge in [-0.3, -0.25) is 9.59 Å². The molecule has 36 heavy (non-hydrogen) atoms. The number of nitrogens with zero attached hydrogens (tertiary/aromatic N) is 3. The summed E-state index contributed by atoms with van der Waals surface area (Å²) in [5.74, 6) is -0.203. The van der Waals surface area contributed by atoms with Crippen molar-refractivity contribution in [3.05, 3.63) is 83.6 Å². The first kappa shape index (κ1) is 25.4. The Balaban J connectivity index is 1.70. The van der Waals surface area contributed by atoms with E-state index in [1.165, 1.54) is 0 Å². The van der Waals surface area contributed by atoms with Crippen molar-refractivity contribution in [2.45, 2.75) is 32.9 Å². The zero-order valence-corrected chi connectivity index (χ0v) is 21.2. The van der Waals surface area contributed by atoms with E-state index in [1.807, 2.05) is 69.3 Å². The number of hydrogen-bond acceptors (Lipinski definition) is 5. The Bertz CT molecular complexity index is 1230. The van der Waals surface area contributed by atoms with Gasteiger partial charge in [0.2, 0.25) is 5.88 Å². The number of likely N-dealkylation sites (N-methyl/N-ethyl adjacent to an activating group) is 1. The molecule has 0 radical (unpaired) electrons. The van der Waals surface area contributed by atoms with Crippen LogP contribution in [0.15, 0.2) is 66.9 Å². The number of amides is 2. The van der Waals surface area contributed by atoms with E-state index in [0.717, 1.165) is 16.7 Å². The number of aliphatic hydroxyl groups excluding tert-OH is 1. The lowest BCUT2D eigenvalue weighted by atomic mass is 9.98. The van der Waals surface area contributed by atoms with Crippen molar-refractivity contribution in [2.75, 3.05) is 26.7 Å². The van der Waals surface area contributed by atoms with Crippen LogP contribution in [-0.2, 0) is 0 Å². The summed E-state index contributed by atoms with van der Waals surface area (Å²) in [4.78, 5) is 34.5. The number of pyridine rings is 1. The summed E-state index contributed by atoms with van der Waals surface area (Å²) < 4.78 is 6.34. The molecule has 2 amide bonds. The van der Waals surface area contributed by atoms with E-state index in [9.17, 15) is 14.7 Å². The molecule has 1 aliphatic rings. The standard InChI is InChI=1S/C29H33N3O4/c1-19-10-8-9-13-24(19)23-14-25-27(30-15-23)36-26(20(2)16-32(29(25)35)21(3)18-33)17-31(4)28(34)22-11-6-5-7-12-22/h5-15,20-21,26,33H,16-18H2,1-4H3/t20-,21+,26+/m1/s1. The summed E-state index contributed by atoms with van der Waals surface area (Å²) in [6.45, 7) is 6.38. The minimum Gasteiger partial charge on any atom is -0.472 e. The lowest BCUT2D eigenvalue weighted by molar-refractivity contribution is 0.0313. The van der Waals surface area contributed by atoms with Gasteiger partial charge in [-0.2, -0.15) is 0 Å². The molecule has 4 rings (SSSR count). The Labute approximate surface area is 212 Å². The average molecular weight is 488 g/mol. The summed E-state index contributed by atoms with van der Waals surface area (Å²) >= 11 is 0. The Kier molecular flexibility index (Phi) is 7.70. The summed E-state index contributed by atoms with van der Waals surface area (Å²) in [6, 6.07) is 18.5. The number of aromatic nitrogens is 1. The minimum absolute atomic E-state index is 0.104. The maximum absolute atomic E-state index is 13.7. The van der Waals surface area contributed by atoms with Crippen molar-refractivity contribution >= 4 is 11.8 Å². The third-order valence-electron chi connectivity index (χ3n) is 6.80. The molecule has 2 heterocycles. The molecule has 3 atom stereocenters. The molecule has 0 saturated heterocycles. The van der Waals surface area contributed by atoms with E-state index in [4.69, 9.17) is 4.74 Å². The molecular weight excluding hydrogens is 454 g/mol. The molecule has 0 aliphatic carbocycles. The summed E-state index contributed by atoms with van der Waals surface area (Å²) in [5, 5.41) is 9.89. The third kappa shape index (κ3) is 5.26. The van der Waals surface area contributed by atoms with Gasteiger partial charge in [0.05, 0.1) is 19.2 Å². The number of carbonyl (C=O) groups is 2. The van der Waals surface area contributed by atoms with Gasteiger partial charge in [0, 0.05) is 36.8 Å². The van der Waals surface area contributed by atoms with Crippen molar-refractivity contribution in [1.82, 2.24) is 14.8 Å². The second kappa shape index (κ2) is 10.9. The van der Waals surface area contributed by atoms with Gasteiger partial charge in [-0.05, 0) is 43.2 Å². The molecule has 0 spiro atoms. The molecule has 7 nitrogen and oxygen atoms in total. The van der Waals surface area contributed by atoms with Crippen LogP contribution < -0.4 is 4.74 Å². The molecule has 0 fully saturated rings. The van der Waals surface area contributed by atoms with Crippen LogP contribution in [0.4, 0.5) is 0 Å². The zero-order valence-electron chi connectivity index (χ0n) is 21.2. The molecular formula is C29H33N3O4. The molecule has 3 aromatic rings. The highest BCUT2D eigenvalue weighted by Gasteiger charge is 2.35. The SMILES string of the molecule is Cc1ccccc1-c1cnc2c(c1)C(=O)N([C@@H](C)CO)C[C@@H](C)[C@H](CN(C)C(=O)c1ccccc1)O2. The number of hydrogen-bond donors (Lipinski definition) is 1. The smallest absolute Gasteiger partial charge is 0.259 e. The molecule has 0 unspecified atom stereocenters. The largest absolute Gasteiger partial charge is 0.472 e. The predicted octanol–water partition coefficient (Wildman–Crippen LogP) is 4.05. The fourth-order valence-electron chi connectivity index (χ4n) is 4.52. The normalized spacial score (nSPS) is 18.5. The Hall–Kier alpha value is -3.71. The van der Waals surface area contributed by atoms with Gasteiger partial charge in [-0.25, -0.2) is 4.98 Å². The minimum atomic E-state index is -0.403. The van der Waals surface area contributed by atoms with E-state index in [0.29, 0.717) is 24.2 Å². The first-order valence-electron chi connectivity index (χ1n) is 12.2. The van der Waals surface area contributed by atoms with Crippen LogP contribution in [-0.4, -0.2) is 70.6 Å². The van der Waals surface area contributed by atoms with Gasteiger partial charge < -0.3 is 19.6 Å². The molecule has 7 heteroatoms. The van der Waals surface area contributed by atoms with Crippen LogP contribution in [0.2, 0.25) is 0 Å². The van der Waals surface area contributed by atoms with Crippen molar-refractivity contribution < 1.29 is 19.4 Å². The van der Waals surface area contributed by atoms with Crippen molar-refractivity contribution in [3.8, 4) is 17.0 Å². The van der Waals surface area contributed by atoms with Gasteiger partial charge in [0.15, 0.2) is 0 Å². The molecule has 0 bridgehead atoms. The summed E-state index contributed by atoms with van der Waals surface area (Å²) in [5.41, 5.74) is 3.84. The summed E-state index contributed by atoms with van der Waals surface area (Å²) in [7, 11) is 1.75. The van der Waals surface area contributed by atoms with E-state index < -0.39 is 6.10 Å². The van der Waals surface area contributed by atoms with Crippen molar-refractivity contribution in [1.29, 1.82) is 0 Å². The fraction of sp³-hybridized carbons (Fsp3) is 0.345. The quantitative estimate of drug-likeness (QED) is 0.567. The van der Waals surface area contributed by atoms with E-state index in [1.54, 1.807) is 35.2 Å². The van der Waals surface area contributed by atoms with Gasteiger partial charge >= 0.3 is 0 Å². The Morgan fingerprint density at radius 1 is 1.17 bits per heavy atom. The van der Waals surface area contributed by atoms with E-state index in [2.05, 4.69) is 4.98 Å². The third-order valence-corrected chi connectivity index (χ3v) is 6.80. The fourth-order valence-corrected chi connectivity index (χ4v) is 4.52. The number of ether oxygens (including phenoxy) is 1. The lowest BCUT2D eigenvalue weighted by Crippen LogP contribution is -2.50. The second-order valence-corrected chi connectivity index (χ2v) is 9.57. The zero-order chi connectivity index (χ0) is 25.8. The second-order valence-electron chi connectivity index (χ2n) is 9.57. The van der Waals surface area contributed by atoms with Crippen LogP contribution in [0.3, 0.4) is 0 Å². The number of rotatable bonds is 6. The highest BCUT2D eigenvalue weighted by atomic mass is 16.5. The predicted molar refractivity (Wildman–Crippen MR) is 139 cm³/mol. The number of aryl methyl sites for hydroxylation is 1. The molecule has 0 saturated carbocycles. The average Bonchev–Trinajstić information content (AvgIpc) is 2.90. The first-order valence-corrected chi connectivity index (χ1v) is 12.2. The van der Waals surface area contributed by atoms with Crippen LogP contribution in [0.25, 0.3) is 11.1 Å². The first-order chi connectivity index (χ1) is 17.3. The number of benzene rings is 2. The number of carbonyl (C=O) groups excluding carboxylic acids is 2. The topological polar surface area (TPSA) is 83.0 Å². The van der Waals surface area contributed by atoms with Crippen molar-refractivity contribution in [2.24, 2.45) is 5.92 Å². The Morgan fingerprint density at radius 2 is 1.86 bits per heavy atom. The monoisotopic (exact) mass is 487 g/mol. The van der Waals surface area contributed by atoms with Gasteiger partial charge in [0.1, 0.15) is 11.7 Å². The molecule has 1 aliphatic heterocycles. The molecule has 1 aromatic heterocycles. The lowest BCUT2D eigenvalue weighted by Gasteiger charge is -2.37. The highest BCUT2D eigenvalue weighted by Crippen LogP contribution is 2.31. The van der Waals surface area contributed by atoms with Crippen LogP contribution >= 0.6 is 0 Å². The van der Waals surface area contributed by atoms with Crippen LogP contribution in [0.1, 0.15) is 40.1 Å². The molecule has 1 N–H and O–H groups in total. The number of fused-ring (bicyclic) bond motifs is 1. The maximum atomic E-state index is 13.7. The van der Waals surface area contributed by atoms with E-state index >= 15 is 0 Å². The van der Waals surface area contributed by atoms with E-state index in [-0.39, 0.29) is 36.3 Å². The summed E-state index contributed by atoms with van der Waals surface area (Å²) in [6.07, 6.45) is 1.32. The Morgan fingerprint density at radius 3 is 2.56 bits per heavy atom. The number of aliphatic hydroxyl groups is 1. The van der Waals surface area contributed by atoms with Crippen molar-refractivity contribution in [3.63, 3.8) is 0 Å². The van der Waals surface area contributed by atoms with Gasteiger partial charge in [0.25, 0.3) is 11.8 Å². The molecule has 188 valence electrons. The molecule has 2 aromatic carbocycles. The maximum Gasteiger partial charge on any atom is 0.259 e. The van der Waals surface area contributed by atoms with Gasteiger partial charge in [-0.1, -0.05) is 49.4 Å². The highest BCUT2D eigenvalue weighted by molar-refractivity contribution is 5.98. The van der Waals surface area contributed by atoms with Crippen LogP contribution in [0, 0.1) is 12.8 Å². The van der Waals surface area contributed by atoms with Crippen LogP contribution in [0.5, 0.6) is 5.88 Å². The van der Waals surface area contributed by atoms with Gasteiger partial charge in [-0.15, -0.1) is 0 Å².